The normalized spacial score (nSPS) is 18.3. The van der Waals surface area contributed by atoms with Gasteiger partial charge in [-0.2, -0.15) is 0 Å². The predicted octanol–water partition coefficient (Wildman–Crippen LogP) is 4.54. The van der Waals surface area contributed by atoms with Crippen molar-refractivity contribution in [1.82, 2.24) is 5.32 Å². The monoisotopic (exact) mass is 381 g/mol. The molecule has 5 nitrogen and oxygen atoms in total. The van der Waals surface area contributed by atoms with E-state index in [4.69, 9.17) is 0 Å². The Morgan fingerprint density at radius 2 is 1.64 bits per heavy atom. The number of benzene rings is 2. The van der Waals surface area contributed by atoms with E-state index in [9.17, 15) is 14.0 Å². The molecule has 2 fully saturated rings. The van der Waals surface area contributed by atoms with Crippen LogP contribution in [0.15, 0.2) is 48.5 Å². The molecule has 6 heteroatoms. The third-order valence-electron chi connectivity index (χ3n) is 5.72. The van der Waals surface area contributed by atoms with E-state index in [1.165, 1.54) is 12.1 Å². The number of amides is 3. The van der Waals surface area contributed by atoms with Gasteiger partial charge in [-0.3, -0.25) is 4.79 Å². The van der Waals surface area contributed by atoms with E-state index >= 15 is 0 Å². The van der Waals surface area contributed by atoms with Crippen LogP contribution in [0.4, 0.5) is 20.6 Å². The van der Waals surface area contributed by atoms with Gasteiger partial charge in [0.1, 0.15) is 5.82 Å². The van der Waals surface area contributed by atoms with Gasteiger partial charge in [-0.1, -0.05) is 25.0 Å². The van der Waals surface area contributed by atoms with Gasteiger partial charge in [0.15, 0.2) is 0 Å². The lowest BCUT2D eigenvalue weighted by atomic mass is 9.88. The molecule has 2 aromatic rings. The molecule has 28 heavy (non-hydrogen) atoms. The number of halogens is 1. The van der Waals surface area contributed by atoms with Crippen molar-refractivity contribution < 1.29 is 14.0 Å². The summed E-state index contributed by atoms with van der Waals surface area (Å²) in [7, 11) is 0. The minimum absolute atomic E-state index is 0.140. The van der Waals surface area contributed by atoms with Gasteiger partial charge in [0.2, 0.25) is 5.91 Å². The highest BCUT2D eigenvalue weighted by Crippen LogP contribution is 2.38. The minimum Gasteiger partial charge on any atom is -0.328 e. The summed E-state index contributed by atoms with van der Waals surface area (Å²) in [6, 6.07) is 13.4. The maximum Gasteiger partial charge on any atom is 0.319 e. The molecule has 1 aliphatic carbocycles. The zero-order valence-corrected chi connectivity index (χ0v) is 15.7. The molecular formula is C22H24FN3O2. The summed E-state index contributed by atoms with van der Waals surface area (Å²) >= 11 is 0. The highest BCUT2D eigenvalue weighted by atomic mass is 19.1. The van der Waals surface area contributed by atoms with Crippen LogP contribution in [0.25, 0.3) is 0 Å². The molecule has 2 aliphatic rings. The van der Waals surface area contributed by atoms with Gasteiger partial charge < -0.3 is 15.5 Å². The van der Waals surface area contributed by atoms with Gasteiger partial charge >= 0.3 is 6.03 Å². The van der Waals surface area contributed by atoms with Crippen LogP contribution in [0.3, 0.4) is 0 Å². The van der Waals surface area contributed by atoms with Gasteiger partial charge in [0, 0.05) is 24.3 Å². The molecule has 1 aliphatic heterocycles. The van der Waals surface area contributed by atoms with Crippen LogP contribution in [-0.4, -0.2) is 18.5 Å². The first-order chi connectivity index (χ1) is 13.6. The Labute approximate surface area is 163 Å². The van der Waals surface area contributed by atoms with Crippen molar-refractivity contribution in [3.05, 3.63) is 59.9 Å². The van der Waals surface area contributed by atoms with Crippen LogP contribution in [0.1, 0.15) is 44.1 Å². The lowest BCUT2D eigenvalue weighted by Gasteiger charge is -2.31. The first kappa shape index (κ1) is 18.5. The van der Waals surface area contributed by atoms with E-state index in [0.717, 1.165) is 49.9 Å². The molecule has 4 rings (SSSR count). The number of carbonyl (C=O) groups excluding carboxylic acids is 2. The van der Waals surface area contributed by atoms with Crippen molar-refractivity contribution in [2.45, 2.75) is 44.1 Å². The molecule has 1 saturated carbocycles. The molecule has 0 unspecified atom stereocenters. The van der Waals surface area contributed by atoms with Crippen LogP contribution in [0, 0.1) is 5.82 Å². The molecule has 1 heterocycles. The number of hydrogen-bond donors (Lipinski definition) is 2. The first-order valence-corrected chi connectivity index (χ1v) is 9.81. The maximum atomic E-state index is 13.3. The molecule has 0 radical (unpaired) electrons. The van der Waals surface area contributed by atoms with Crippen molar-refractivity contribution in [2.75, 3.05) is 16.8 Å². The number of nitrogens with zero attached hydrogens (tertiary/aromatic N) is 1. The third-order valence-corrected chi connectivity index (χ3v) is 5.72. The summed E-state index contributed by atoms with van der Waals surface area (Å²) in [5.74, 6) is -0.140. The molecule has 1 saturated heterocycles. The number of urea groups is 1. The van der Waals surface area contributed by atoms with Gasteiger partial charge in [-0.15, -0.1) is 0 Å². The van der Waals surface area contributed by atoms with E-state index in [0.29, 0.717) is 12.1 Å². The summed E-state index contributed by atoms with van der Waals surface area (Å²) in [6.07, 6.45) is 5.19. The fourth-order valence-electron chi connectivity index (χ4n) is 4.26. The predicted molar refractivity (Wildman–Crippen MR) is 107 cm³/mol. The summed E-state index contributed by atoms with van der Waals surface area (Å²) in [4.78, 5) is 26.3. The summed E-state index contributed by atoms with van der Waals surface area (Å²) in [6.45, 7) is 0.742. The van der Waals surface area contributed by atoms with Crippen molar-refractivity contribution in [2.24, 2.45) is 0 Å². The summed E-state index contributed by atoms with van der Waals surface area (Å²) in [5.41, 5.74) is 2.00. The zero-order chi connectivity index (χ0) is 19.6. The Bertz CT molecular complexity index is 858. The molecule has 2 N–H and O–H groups in total. The topological polar surface area (TPSA) is 61.4 Å². The van der Waals surface area contributed by atoms with Gasteiger partial charge in [-0.05, 0) is 61.2 Å². The Hall–Kier alpha value is -2.89. The van der Waals surface area contributed by atoms with E-state index in [2.05, 4.69) is 10.6 Å². The Balaban J connectivity index is 1.44. The molecule has 0 atom stereocenters. The average Bonchev–Trinajstić information content (AvgIpc) is 3.33. The Morgan fingerprint density at radius 1 is 0.964 bits per heavy atom. The van der Waals surface area contributed by atoms with Crippen molar-refractivity contribution >= 4 is 23.3 Å². The second-order valence-electron chi connectivity index (χ2n) is 7.57. The number of hydrogen-bond acceptors (Lipinski definition) is 2. The lowest BCUT2D eigenvalue weighted by molar-refractivity contribution is -0.117. The van der Waals surface area contributed by atoms with E-state index in [1.807, 2.05) is 12.1 Å². The van der Waals surface area contributed by atoms with Gasteiger partial charge in [0.05, 0.1) is 5.54 Å². The number of rotatable bonds is 4. The van der Waals surface area contributed by atoms with Crippen LogP contribution in [-0.2, 0) is 10.3 Å². The molecule has 0 spiro atoms. The van der Waals surface area contributed by atoms with Crippen LogP contribution in [0.2, 0.25) is 0 Å². The fourth-order valence-corrected chi connectivity index (χ4v) is 4.26. The molecule has 0 aromatic heterocycles. The van der Waals surface area contributed by atoms with Crippen molar-refractivity contribution in [3.63, 3.8) is 0 Å². The SMILES string of the molecule is O=C(Nc1ccc(N2CCCC2=O)cc1)NC1(c2ccc(F)cc2)CCCC1. The molecule has 2 aromatic carbocycles. The first-order valence-electron chi connectivity index (χ1n) is 9.81. The average molecular weight is 381 g/mol. The van der Waals surface area contributed by atoms with Crippen molar-refractivity contribution in [3.8, 4) is 0 Å². The third kappa shape index (κ3) is 3.72. The van der Waals surface area contributed by atoms with E-state index in [-0.39, 0.29) is 17.8 Å². The second kappa shape index (κ2) is 7.62. The summed E-state index contributed by atoms with van der Waals surface area (Å²) < 4.78 is 13.3. The van der Waals surface area contributed by atoms with Crippen molar-refractivity contribution in [1.29, 1.82) is 0 Å². The standard InChI is InChI=1S/C22H24FN3O2/c23-17-7-5-16(6-8-17)22(13-1-2-14-22)25-21(28)24-18-9-11-19(12-10-18)26-15-3-4-20(26)27/h5-12H,1-4,13-15H2,(H2,24,25,28). The Kier molecular flexibility index (Phi) is 5.03. The smallest absolute Gasteiger partial charge is 0.319 e. The van der Waals surface area contributed by atoms with Gasteiger partial charge in [-0.25, -0.2) is 9.18 Å². The highest BCUT2D eigenvalue weighted by Gasteiger charge is 2.37. The lowest BCUT2D eigenvalue weighted by Crippen LogP contribution is -2.45. The minimum atomic E-state index is -0.459. The second-order valence-corrected chi connectivity index (χ2v) is 7.57. The van der Waals surface area contributed by atoms with E-state index in [1.54, 1.807) is 29.2 Å². The quantitative estimate of drug-likeness (QED) is 0.817. The van der Waals surface area contributed by atoms with Crippen LogP contribution < -0.4 is 15.5 Å². The number of anilines is 2. The van der Waals surface area contributed by atoms with Crippen LogP contribution in [0.5, 0.6) is 0 Å². The highest BCUT2D eigenvalue weighted by molar-refractivity contribution is 5.96. The van der Waals surface area contributed by atoms with E-state index < -0.39 is 5.54 Å². The van der Waals surface area contributed by atoms with Crippen LogP contribution >= 0.6 is 0 Å². The summed E-state index contributed by atoms with van der Waals surface area (Å²) in [5, 5.41) is 5.99. The number of nitrogens with one attached hydrogen (secondary N) is 2. The zero-order valence-electron chi connectivity index (χ0n) is 15.7. The maximum absolute atomic E-state index is 13.3. The molecular weight excluding hydrogens is 357 g/mol. The largest absolute Gasteiger partial charge is 0.328 e. The number of carbonyl (C=O) groups is 2. The molecule has 146 valence electrons. The fraction of sp³-hybridized carbons (Fsp3) is 0.364. The molecule has 0 bridgehead atoms. The molecule has 3 amide bonds. The Morgan fingerprint density at radius 3 is 2.25 bits per heavy atom. The van der Waals surface area contributed by atoms with Gasteiger partial charge in [0.25, 0.3) is 0 Å².